The van der Waals surface area contributed by atoms with Crippen molar-refractivity contribution in [1.29, 1.82) is 0 Å². The summed E-state index contributed by atoms with van der Waals surface area (Å²) in [6.07, 6.45) is -0.581. The Balaban J connectivity index is 0.00000225. The van der Waals surface area contributed by atoms with E-state index in [0.717, 1.165) is 0 Å². The molecule has 0 saturated carbocycles. The summed E-state index contributed by atoms with van der Waals surface area (Å²) in [6.45, 7) is 1.62. The zero-order chi connectivity index (χ0) is 16.9. The van der Waals surface area contributed by atoms with E-state index < -0.39 is 12.1 Å². The highest BCUT2D eigenvalue weighted by Crippen LogP contribution is 2.23. The zero-order valence-electron chi connectivity index (χ0n) is 13.4. The Morgan fingerprint density at radius 3 is 2.00 bits per heavy atom. The summed E-state index contributed by atoms with van der Waals surface area (Å²) in [6, 6.07) is 11.2. The Labute approximate surface area is 151 Å². The molecule has 2 aromatic carbocycles. The fourth-order valence-corrected chi connectivity index (χ4v) is 2.64. The molecule has 25 heavy (non-hydrogen) atoms. The first kappa shape index (κ1) is 19.3. The van der Waals surface area contributed by atoms with Gasteiger partial charge in [-0.25, -0.2) is 8.78 Å². The average molecular weight is 369 g/mol. The summed E-state index contributed by atoms with van der Waals surface area (Å²) in [7, 11) is 0. The molecule has 2 aromatic rings. The third-order valence-corrected chi connectivity index (χ3v) is 3.91. The second kappa shape index (κ2) is 8.89. The van der Waals surface area contributed by atoms with E-state index in [1.54, 1.807) is 24.3 Å². The van der Waals surface area contributed by atoms with Crippen molar-refractivity contribution >= 4 is 18.3 Å². The third-order valence-electron chi connectivity index (χ3n) is 3.91. The van der Waals surface area contributed by atoms with E-state index in [4.69, 9.17) is 4.74 Å². The maximum absolute atomic E-state index is 13.2. The second-order valence-electron chi connectivity index (χ2n) is 5.61. The Bertz CT molecular complexity index is 644. The van der Waals surface area contributed by atoms with Crippen LogP contribution in [0.3, 0.4) is 0 Å². The zero-order valence-corrected chi connectivity index (χ0v) is 14.2. The van der Waals surface area contributed by atoms with Crippen molar-refractivity contribution in [2.75, 3.05) is 19.7 Å². The maximum Gasteiger partial charge on any atom is 0.251 e. The molecule has 7 heteroatoms. The van der Waals surface area contributed by atoms with Crippen LogP contribution in [0.4, 0.5) is 8.78 Å². The van der Waals surface area contributed by atoms with Crippen LogP contribution in [0, 0.1) is 11.6 Å². The van der Waals surface area contributed by atoms with Crippen LogP contribution in [0.5, 0.6) is 0 Å². The molecule has 1 fully saturated rings. The van der Waals surface area contributed by atoms with E-state index in [1.165, 1.54) is 24.3 Å². The second-order valence-corrected chi connectivity index (χ2v) is 5.61. The first-order valence-electron chi connectivity index (χ1n) is 7.77. The molecular weight excluding hydrogens is 350 g/mol. The van der Waals surface area contributed by atoms with Gasteiger partial charge in [0.25, 0.3) is 5.91 Å². The van der Waals surface area contributed by atoms with Crippen LogP contribution in [0.2, 0.25) is 0 Å². The molecule has 0 radical (unpaired) electrons. The number of rotatable bonds is 4. The van der Waals surface area contributed by atoms with E-state index in [0.29, 0.717) is 30.8 Å². The number of carbonyl (C=O) groups is 1. The SMILES string of the molecule is Cl.O=C(NC(c1ccc(F)cc1)c1ccc(F)cc1)C1CNCCO1. The van der Waals surface area contributed by atoms with Gasteiger partial charge in [0, 0.05) is 13.1 Å². The predicted octanol–water partition coefficient (Wildman–Crippen LogP) is 2.58. The fourth-order valence-electron chi connectivity index (χ4n) is 2.64. The molecular formula is C18H19ClF2N2O2. The minimum atomic E-state index is -0.581. The minimum Gasteiger partial charge on any atom is -0.366 e. The molecule has 2 N–H and O–H groups in total. The Kier molecular flexibility index (Phi) is 6.87. The Morgan fingerprint density at radius 1 is 1.04 bits per heavy atom. The van der Waals surface area contributed by atoms with Gasteiger partial charge in [0.2, 0.25) is 0 Å². The lowest BCUT2D eigenvalue weighted by atomic mass is 9.98. The van der Waals surface area contributed by atoms with E-state index in [-0.39, 0.29) is 29.9 Å². The van der Waals surface area contributed by atoms with E-state index in [2.05, 4.69) is 10.6 Å². The highest BCUT2D eigenvalue weighted by atomic mass is 35.5. The van der Waals surface area contributed by atoms with Gasteiger partial charge in [-0.15, -0.1) is 12.4 Å². The van der Waals surface area contributed by atoms with Gasteiger partial charge in [-0.1, -0.05) is 24.3 Å². The summed E-state index contributed by atoms with van der Waals surface area (Å²) in [5.74, 6) is -0.980. The molecule has 1 amide bonds. The van der Waals surface area contributed by atoms with Crippen molar-refractivity contribution in [3.05, 3.63) is 71.3 Å². The lowest BCUT2D eigenvalue weighted by Crippen LogP contribution is -2.48. The Morgan fingerprint density at radius 2 is 1.56 bits per heavy atom. The number of amides is 1. The van der Waals surface area contributed by atoms with Crippen LogP contribution in [0.1, 0.15) is 17.2 Å². The van der Waals surface area contributed by atoms with Gasteiger partial charge >= 0.3 is 0 Å². The van der Waals surface area contributed by atoms with Gasteiger partial charge in [-0.2, -0.15) is 0 Å². The first-order valence-corrected chi connectivity index (χ1v) is 7.77. The molecule has 1 aliphatic heterocycles. The van der Waals surface area contributed by atoms with Gasteiger partial charge in [-0.3, -0.25) is 4.79 Å². The molecule has 0 spiro atoms. The van der Waals surface area contributed by atoms with Crippen molar-refractivity contribution in [3.8, 4) is 0 Å². The van der Waals surface area contributed by atoms with Crippen LogP contribution in [-0.4, -0.2) is 31.7 Å². The van der Waals surface area contributed by atoms with Crippen LogP contribution < -0.4 is 10.6 Å². The van der Waals surface area contributed by atoms with Gasteiger partial charge < -0.3 is 15.4 Å². The number of hydrogen-bond donors (Lipinski definition) is 2. The molecule has 134 valence electrons. The topological polar surface area (TPSA) is 50.4 Å². The van der Waals surface area contributed by atoms with E-state index in [1.807, 2.05) is 0 Å². The van der Waals surface area contributed by atoms with E-state index in [9.17, 15) is 13.6 Å². The van der Waals surface area contributed by atoms with Crippen molar-refractivity contribution in [2.24, 2.45) is 0 Å². The number of ether oxygens (including phenoxy) is 1. The third kappa shape index (κ3) is 4.98. The van der Waals surface area contributed by atoms with Crippen molar-refractivity contribution in [1.82, 2.24) is 10.6 Å². The summed E-state index contributed by atoms with van der Waals surface area (Å²) >= 11 is 0. The van der Waals surface area contributed by atoms with Crippen molar-refractivity contribution in [3.63, 3.8) is 0 Å². The van der Waals surface area contributed by atoms with E-state index >= 15 is 0 Å². The normalized spacial score (nSPS) is 17.0. The highest BCUT2D eigenvalue weighted by molar-refractivity contribution is 5.85. The highest BCUT2D eigenvalue weighted by Gasteiger charge is 2.25. The smallest absolute Gasteiger partial charge is 0.251 e. The summed E-state index contributed by atoms with van der Waals surface area (Å²) in [4.78, 5) is 12.5. The summed E-state index contributed by atoms with van der Waals surface area (Å²) in [5.41, 5.74) is 1.42. The Hall–Kier alpha value is -2.02. The molecule has 1 saturated heterocycles. The molecule has 1 heterocycles. The number of morpholine rings is 1. The number of nitrogens with one attached hydrogen (secondary N) is 2. The van der Waals surface area contributed by atoms with Crippen LogP contribution in [-0.2, 0) is 9.53 Å². The van der Waals surface area contributed by atoms with Gasteiger partial charge in [0.05, 0.1) is 12.6 Å². The number of carbonyl (C=O) groups excluding carboxylic acids is 1. The van der Waals surface area contributed by atoms with Crippen molar-refractivity contribution < 1.29 is 18.3 Å². The number of benzene rings is 2. The maximum atomic E-state index is 13.2. The molecule has 1 atom stereocenters. The van der Waals surface area contributed by atoms with Crippen LogP contribution >= 0.6 is 12.4 Å². The summed E-state index contributed by atoms with van der Waals surface area (Å²) in [5, 5.41) is 6.01. The number of hydrogen-bond acceptors (Lipinski definition) is 3. The molecule has 0 aromatic heterocycles. The van der Waals surface area contributed by atoms with Gasteiger partial charge in [0.1, 0.15) is 17.7 Å². The fraction of sp³-hybridized carbons (Fsp3) is 0.278. The minimum absolute atomic E-state index is 0. The molecule has 1 unspecified atom stereocenters. The monoisotopic (exact) mass is 368 g/mol. The largest absolute Gasteiger partial charge is 0.366 e. The molecule has 4 nitrogen and oxygen atoms in total. The first-order chi connectivity index (χ1) is 11.6. The molecule has 0 bridgehead atoms. The van der Waals surface area contributed by atoms with Crippen LogP contribution in [0.15, 0.2) is 48.5 Å². The van der Waals surface area contributed by atoms with Crippen molar-refractivity contribution in [2.45, 2.75) is 12.1 Å². The molecule has 0 aliphatic carbocycles. The molecule has 3 rings (SSSR count). The summed E-state index contributed by atoms with van der Waals surface area (Å²) < 4.78 is 31.8. The van der Waals surface area contributed by atoms with Gasteiger partial charge in [-0.05, 0) is 35.4 Å². The molecule has 1 aliphatic rings. The van der Waals surface area contributed by atoms with Gasteiger partial charge in [0.15, 0.2) is 0 Å². The average Bonchev–Trinajstić information content (AvgIpc) is 2.62. The quantitative estimate of drug-likeness (QED) is 0.872. The standard InChI is InChI=1S/C18H18F2N2O2.ClH/c19-14-5-1-12(2-6-14)17(13-3-7-15(20)8-4-13)22-18(23)16-11-21-9-10-24-16;/h1-8,16-17,21H,9-11H2,(H,22,23);1H. The number of halogens is 3. The lowest BCUT2D eigenvalue weighted by molar-refractivity contribution is -0.134. The lowest BCUT2D eigenvalue weighted by Gasteiger charge is -2.26. The predicted molar refractivity (Wildman–Crippen MR) is 92.6 cm³/mol. The van der Waals surface area contributed by atoms with Crippen LogP contribution in [0.25, 0.3) is 0 Å².